The molecule has 0 aliphatic carbocycles. The van der Waals surface area contributed by atoms with E-state index in [2.05, 4.69) is 17.1 Å². The first kappa shape index (κ1) is 16.1. The van der Waals surface area contributed by atoms with Crippen molar-refractivity contribution in [2.24, 2.45) is 0 Å². The van der Waals surface area contributed by atoms with E-state index in [9.17, 15) is 9.59 Å². The van der Waals surface area contributed by atoms with Gasteiger partial charge in [0, 0.05) is 6.04 Å². The minimum Gasteiger partial charge on any atom is -0.466 e. The minimum atomic E-state index is -0.408. The molecular formula is C14H26N2O3. The van der Waals surface area contributed by atoms with Crippen LogP contribution in [0.15, 0.2) is 0 Å². The van der Waals surface area contributed by atoms with Crippen LogP contribution in [0.2, 0.25) is 0 Å². The Morgan fingerprint density at radius 3 is 2.53 bits per heavy atom. The van der Waals surface area contributed by atoms with Crippen molar-refractivity contribution in [3.05, 3.63) is 0 Å². The Hall–Kier alpha value is -0.940. The molecule has 0 atom stereocenters. The molecule has 0 saturated carbocycles. The molecule has 110 valence electrons. The number of rotatable bonds is 8. The summed E-state index contributed by atoms with van der Waals surface area (Å²) in [7, 11) is 0. The third kappa shape index (κ3) is 6.16. The summed E-state index contributed by atoms with van der Waals surface area (Å²) in [5.74, 6) is -0.445. The molecule has 0 spiro atoms. The Labute approximate surface area is 115 Å². The molecule has 1 heterocycles. The fourth-order valence-electron chi connectivity index (χ4n) is 2.51. The highest BCUT2D eigenvalue weighted by Crippen LogP contribution is 2.12. The van der Waals surface area contributed by atoms with E-state index in [4.69, 9.17) is 4.74 Å². The zero-order valence-corrected chi connectivity index (χ0v) is 12.1. The van der Waals surface area contributed by atoms with Crippen molar-refractivity contribution in [3.8, 4) is 0 Å². The van der Waals surface area contributed by atoms with E-state index < -0.39 is 5.97 Å². The van der Waals surface area contributed by atoms with Crippen molar-refractivity contribution in [2.75, 3.05) is 32.8 Å². The second kappa shape index (κ2) is 9.04. The van der Waals surface area contributed by atoms with E-state index in [1.807, 2.05) is 0 Å². The van der Waals surface area contributed by atoms with E-state index in [1.165, 1.54) is 0 Å². The molecule has 0 aromatic heterocycles. The van der Waals surface area contributed by atoms with Gasteiger partial charge >= 0.3 is 5.97 Å². The normalized spacial score (nSPS) is 16.6. The van der Waals surface area contributed by atoms with Crippen LogP contribution in [0.4, 0.5) is 0 Å². The van der Waals surface area contributed by atoms with Gasteiger partial charge < -0.3 is 10.1 Å². The van der Waals surface area contributed by atoms with Crippen molar-refractivity contribution in [3.63, 3.8) is 0 Å². The number of ether oxygens (including phenoxy) is 1. The van der Waals surface area contributed by atoms with E-state index in [-0.39, 0.29) is 12.2 Å². The number of nitrogens with zero attached hydrogens (tertiary/aromatic N) is 1. The van der Waals surface area contributed by atoms with Gasteiger partial charge in [-0.15, -0.1) is 0 Å². The quantitative estimate of drug-likeness (QED) is 0.526. The standard InChI is InChI=1S/C14H26N2O3/c1-3-9-16(12-5-7-15-8-6-12)11-13(17)10-14(18)19-4-2/h12,15H,3-11H2,1-2H3. The Kier molecular flexibility index (Phi) is 7.67. The monoisotopic (exact) mass is 270 g/mol. The van der Waals surface area contributed by atoms with Crippen LogP contribution >= 0.6 is 0 Å². The van der Waals surface area contributed by atoms with Crippen LogP contribution in [0.1, 0.15) is 39.5 Å². The lowest BCUT2D eigenvalue weighted by molar-refractivity contribution is -0.145. The van der Waals surface area contributed by atoms with E-state index in [0.29, 0.717) is 19.2 Å². The summed E-state index contributed by atoms with van der Waals surface area (Å²) in [5.41, 5.74) is 0. The molecule has 5 nitrogen and oxygen atoms in total. The number of hydrogen-bond acceptors (Lipinski definition) is 5. The number of carbonyl (C=O) groups excluding carboxylic acids is 2. The van der Waals surface area contributed by atoms with Gasteiger partial charge in [-0.25, -0.2) is 0 Å². The molecule has 0 aromatic carbocycles. The Morgan fingerprint density at radius 2 is 1.95 bits per heavy atom. The Balaban J connectivity index is 2.42. The number of nitrogens with one attached hydrogen (secondary N) is 1. The Bertz CT molecular complexity index is 288. The summed E-state index contributed by atoms with van der Waals surface area (Å²) in [6.45, 7) is 7.51. The second-order valence-electron chi connectivity index (χ2n) is 4.97. The van der Waals surface area contributed by atoms with Crippen molar-refractivity contribution in [1.82, 2.24) is 10.2 Å². The number of ketones is 1. The van der Waals surface area contributed by atoms with Crippen LogP contribution in [0.3, 0.4) is 0 Å². The number of Topliss-reactive ketones (excluding diaryl/α,β-unsaturated/α-hetero) is 1. The molecule has 5 heteroatoms. The first-order valence-corrected chi connectivity index (χ1v) is 7.29. The van der Waals surface area contributed by atoms with Crippen LogP contribution in [-0.4, -0.2) is 55.5 Å². The highest BCUT2D eigenvalue weighted by Gasteiger charge is 2.23. The van der Waals surface area contributed by atoms with Crippen LogP contribution in [0.5, 0.6) is 0 Å². The highest BCUT2D eigenvalue weighted by molar-refractivity contribution is 5.96. The lowest BCUT2D eigenvalue weighted by atomic mass is 10.0. The number of hydrogen-bond donors (Lipinski definition) is 1. The second-order valence-corrected chi connectivity index (χ2v) is 4.97. The number of carbonyl (C=O) groups is 2. The van der Waals surface area contributed by atoms with Gasteiger partial charge in [-0.2, -0.15) is 0 Å². The lowest BCUT2D eigenvalue weighted by Gasteiger charge is -2.33. The first-order chi connectivity index (χ1) is 9.17. The fourth-order valence-corrected chi connectivity index (χ4v) is 2.51. The van der Waals surface area contributed by atoms with Gasteiger partial charge in [-0.1, -0.05) is 6.92 Å². The summed E-state index contributed by atoms with van der Waals surface area (Å²) in [6.07, 6.45) is 3.08. The van der Waals surface area contributed by atoms with Crippen LogP contribution in [-0.2, 0) is 14.3 Å². The van der Waals surface area contributed by atoms with Gasteiger partial charge in [0.2, 0.25) is 0 Å². The summed E-state index contributed by atoms with van der Waals surface area (Å²) in [5, 5.41) is 3.33. The molecule has 1 rings (SSSR count). The zero-order chi connectivity index (χ0) is 14.1. The molecule has 1 aliphatic rings. The minimum absolute atomic E-state index is 0.0366. The average molecular weight is 270 g/mol. The molecule has 1 saturated heterocycles. The first-order valence-electron chi connectivity index (χ1n) is 7.29. The smallest absolute Gasteiger partial charge is 0.313 e. The maximum Gasteiger partial charge on any atom is 0.313 e. The van der Waals surface area contributed by atoms with Gasteiger partial charge in [-0.05, 0) is 45.8 Å². The van der Waals surface area contributed by atoms with Crippen LogP contribution < -0.4 is 5.32 Å². The maximum atomic E-state index is 11.9. The van der Waals surface area contributed by atoms with Gasteiger partial charge in [0.1, 0.15) is 6.42 Å². The van der Waals surface area contributed by atoms with Gasteiger partial charge in [-0.3, -0.25) is 14.5 Å². The molecule has 1 N–H and O–H groups in total. The molecular weight excluding hydrogens is 244 g/mol. The number of piperidine rings is 1. The van der Waals surface area contributed by atoms with E-state index >= 15 is 0 Å². The molecule has 0 bridgehead atoms. The van der Waals surface area contributed by atoms with Crippen molar-refractivity contribution in [1.29, 1.82) is 0 Å². The maximum absolute atomic E-state index is 11.9. The Morgan fingerprint density at radius 1 is 1.26 bits per heavy atom. The third-order valence-corrected chi connectivity index (χ3v) is 3.36. The van der Waals surface area contributed by atoms with Gasteiger partial charge in [0.15, 0.2) is 5.78 Å². The van der Waals surface area contributed by atoms with Crippen LogP contribution in [0.25, 0.3) is 0 Å². The SMILES string of the molecule is CCCN(CC(=O)CC(=O)OCC)C1CCNCC1. The molecule has 0 radical (unpaired) electrons. The largest absolute Gasteiger partial charge is 0.466 e. The topological polar surface area (TPSA) is 58.6 Å². The average Bonchev–Trinajstić information content (AvgIpc) is 2.39. The van der Waals surface area contributed by atoms with Gasteiger partial charge in [0.25, 0.3) is 0 Å². The van der Waals surface area contributed by atoms with Crippen molar-refractivity contribution >= 4 is 11.8 Å². The van der Waals surface area contributed by atoms with E-state index in [0.717, 1.165) is 38.9 Å². The molecule has 1 fully saturated rings. The fraction of sp³-hybridized carbons (Fsp3) is 0.857. The van der Waals surface area contributed by atoms with Crippen molar-refractivity contribution < 1.29 is 14.3 Å². The molecule has 0 amide bonds. The molecule has 1 aliphatic heterocycles. The van der Waals surface area contributed by atoms with E-state index in [1.54, 1.807) is 6.92 Å². The lowest BCUT2D eigenvalue weighted by Crippen LogP contribution is -2.45. The summed E-state index contributed by atoms with van der Waals surface area (Å²) >= 11 is 0. The molecule has 19 heavy (non-hydrogen) atoms. The predicted octanol–water partition coefficient (Wildman–Crippen LogP) is 0.973. The van der Waals surface area contributed by atoms with Crippen molar-refractivity contribution in [2.45, 2.75) is 45.6 Å². The zero-order valence-electron chi connectivity index (χ0n) is 12.1. The predicted molar refractivity (Wildman–Crippen MR) is 74.0 cm³/mol. The highest BCUT2D eigenvalue weighted by atomic mass is 16.5. The third-order valence-electron chi connectivity index (χ3n) is 3.36. The molecule has 0 aromatic rings. The summed E-state index contributed by atoms with van der Waals surface area (Å²) in [6, 6.07) is 0.465. The van der Waals surface area contributed by atoms with Gasteiger partial charge in [0.05, 0.1) is 13.2 Å². The summed E-state index contributed by atoms with van der Waals surface area (Å²) < 4.78 is 4.81. The van der Waals surface area contributed by atoms with Crippen LogP contribution in [0, 0.1) is 0 Å². The molecule has 0 unspecified atom stereocenters. The number of esters is 1. The summed E-state index contributed by atoms with van der Waals surface area (Å²) in [4.78, 5) is 25.4.